The first-order valence-corrected chi connectivity index (χ1v) is 10.6. The third-order valence-corrected chi connectivity index (χ3v) is 6.26. The quantitative estimate of drug-likeness (QED) is 0.300. The standard InChI is InChI=1S/C28H22N2O/c1-17-11-12-22-23-15-20-9-4-5-10-21(20)16-24(23)31-27(22)25(17)28-29-13-14-30(28)26-18(2)7-6-8-19(26)3/h4-16H,1-3H3. The van der Waals surface area contributed by atoms with Gasteiger partial charge in [0.25, 0.3) is 0 Å². The van der Waals surface area contributed by atoms with Gasteiger partial charge in [0.2, 0.25) is 0 Å². The lowest BCUT2D eigenvalue weighted by atomic mass is 10.0. The van der Waals surface area contributed by atoms with E-state index in [2.05, 4.69) is 92.1 Å². The molecular weight excluding hydrogens is 380 g/mol. The van der Waals surface area contributed by atoms with Crippen LogP contribution in [-0.4, -0.2) is 9.55 Å². The van der Waals surface area contributed by atoms with Crippen molar-refractivity contribution in [2.45, 2.75) is 20.8 Å². The Morgan fingerprint density at radius 2 is 1.48 bits per heavy atom. The lowest BCUT2D eigenvalue weighted by Crippen LogP contribution is -2.02. The van der Waals surface area contributed by atoms with Crippen molar-refractivity contribution in [3.8, 4) is 17.1 Å². The highest BCUT2D eigenvalue weighted by atomic mass is 16.3. The summed E-state index contributed by atoms with van der Waals surface area (Å²) in [6.07, 6.45) is 3.91. The summed E-state index contributed by atoms with van der Waals surface area (Å²) in [5.41, 5.74) is 7.61. The number of nitrogens with zero attached hydrogens (tertiary/aromatic N) is 2. The number of rotatable bonds is 2. The largest absolute Gasteiger partial charge is 0.455 e. The summed E-state index contributed by atoms with van der Waals surface area (Å²) >= 11 is 0. The minimum atomic E-state index is 0.893. The predicted molar refractivity (Wildman–Crippen MR) is 128 cm³/mol. The van der Waals surface area contributed by atoms with Crippen LogP contribution in [-0.2, 0) is 0 Å². The summed E-state index contributed by atoms with van der Waals surface area (Å²) in [6.45, 7) is 6.42. The number of fused-ring (bicyclic) bond motifs is 4. The van der Waals surface area contributed by atoms with Crippen molar-refractivity contribution in [3.63, 3.8) is 0 Å². The molecule has 0 saturated heterocycles. The average molecular weight is 402 g/mol. The van der Waals surface area contributed by atoms with Gasteiger partial charge in [-0.25, -0.2) is 4.98 Å². The molecule has 0 aliphatic rings. The van der Waals surface area contributed by atoms with Gasteiger partial charge in [-0.3, -0.25) is 4.57 Å². The number of aromatic nitrogens is 2. The number of hydrogen-bond acceptors (Lipinski definition) is 2. The maximum absolute atomic E-state index is 6.49. The molecule has 2 aromatic heterocycles. The second-order valence-electron chi connectivity index (χ2n) is 8.29. The zero-order valence-corrected chi connectivity index (χ0v) is 17.8. The summed E-state index contributed by atoms with van der Waals surface area (Å²) < 4.78 is 8.68. The molecule has 0 bridgehead atoms. The summed E-state index contributed by atoms with van der Waals surface area (Å²) in [6, 6.07) is 23.5. The van der Waals surface area contributed by atoms with Crippen LogP contribution in [0.4, 0.5) is 0 Å². The van der Waals surface area contributed by atoms with Gasteiger partial charge in [-0.1, -0.05) is 54.6 Å². The van der Waals surface area contributed by atoms with E-state index in [0.717, 1.165) is 38.9 Å². The van der Waals surface area contributed by atoms with E-state index in [4.69, 9.17) is 9.40 Å². The molecule has 0 amide bonds. The SMILES string of the molecule is Cc1cccc(C)c1-n1ccnc1-c1c(C)ccc2c1oc1cc3ccccc3cc12. The topological polar surface area (TPSA) is 31.0 Å². The van der Waals surface area contributed by atoms with E-state index in [1.807, 2.05) is 12.4 Å². The fourth-order valence-corrected chi connectivity index (χ4v) is 4.76. The van der Waals surface area contributed by atoms with Crippen LogP contribution in [0, 0.1) is 20.8 Å². The lowest BCUT2D eigenvalue weighted by molar-refractivity contribution is 0.669. The van der Waals surface area contributed by atoms with Crippen molar-refractivity contribution in [2.24, 2.45) is 0 Å². The van der Waals surface area contributed by atoms with Crippen molar-refractivity contribution in [2.75, 3.05) is 0 Å². The molecule has 0 saturated carbocycles. The van der Waals surface area contributed by atoms with Gasteiger partial charge in [0.05, 0.1) is 11.3 Å². The molecule has 6 aromatic rings. The van der Waals surface area contributed by atoms with Crippen LogP contribution in [0.2, 0.25) is 0 Å². The zero-order chi connectivity index (χ0) is 21.1. The molecule has 0 atom stereocenters. The highest BCUT2D eigenvalue weighted by molar-refractivity contribution is 6.13. The Bertz CT molecular complexity index is 1600. The van der Waals surface area contributed by atoms with Crippen LogP contribution in [0.15, 0.2) is 83.5 Å². The molecule has 0 fully saturated rings. The molecule has 0 spiro atoms. The van der Waals surface area contributed by atoms with Crippen molar-refractivity contribution in [1.29, 1.82) is 0 Å². The third kappa shape index (κ3) is 2.63. The molecule has 3 nitrogen and oxygen atoms in total. The number of para-hydroxylation sites is 1. The smallest absolute Gasteiger partial charge is 0.148 e. The van der Waals surface area contributed by atoms with Gasteiger partial charge in [0, 0.05) is 23.2 Å². The Labute approximate surface area is 180 Å². The maximum atomic E-state index is 6.49. The Hall–Kier alpha value is -3.85. The fourth-order valence-electron chi connectivity index (χ4n) is 4.76. The predicted octanol–water partition coefficient (Wildman–Crippen LogP) is 7.52. The second kappa shape index (κ2) is 6.58. The van der Waals surface area contributed by atoms with E-state index in [0.29, 0.717) is 0 Å². The van der Waals surface area contributed by atoms with E-state index in [9.17, 15) is 0 Å². The van der Waals surface area contributed by atoms with Crippen LogP contribution in [0.25, 0.3) is 49.8 Å². The number of imidazole rings is 1. The molecule has 150 valence electrons. The molecule has 0 N–H and O–H groups in total. The Balaban J connectivity index is 1.69. The lowest BCUT2D eigenvalue weighted by Gasteiger charge is -2.15. The average Bonchev–Trinajstić information content (AvgIpc) is 3.36. The first-order valence-electron chi connectivity index (χ1n) is 10.6. The van der Waals surface area contributed by atoms with E-state index >= 15 is 0 Å². The first-order chi connectivity index (χ1) is 15.1. The van der Waals surface area contributed by atoms with Gasteiger partial charge in [0.1, 0.15) is 17.0 Å². The molecule has 0 aliphatic heterocycles. The Morgan fingerprint density at radius 3 is 2.26 bits per heavy atom. The van der Waals surface area contributed by atoms with E-state index < -0.39 is 0 Å². The van der Waals surface area contributed by atoms with Gasteiger partial charge in [-0.15, -0.1) is 0 Å². The fraction of sp³-hybridized carbons (Fsp3) is 0.107. The van der Waals surface area contributed by atoms with Crippen LogP contribution in [0.5, 0.6) is 0 Å². The molecule has 2 heterocycles. The number of furan rings is 1. The van der Waals surface area contributed by atoms with Gasteiger partial charge >= 0.3 is 0 Å². The van der Waals surface area contributed by atoms with Crippen LogP contribution in [0.3, 0.4) is 0 Å². The summed E-state index contributed by atoms with van der Waals surface area (Å²) in [7, 11) is 0. The Morgan fingerprint density at radius 1 is 0.742 bits per heavy atom. The van der Waals surface area contributed by atoms with Crippen molar-refractivity contribution in [3.05, 3.63) is 95.8 Å². The van der Waals surface area contributed by atoms with Crippen LogP contribution < -0.4 is 0 Å². The van der Waals surface area contributed by atoms with E-state index in [-0.39, 0.29) is 0 Å². The molecule has 4 aromatic carbocycles. The third-order valence-electron chi connectivity index (χ3n) is 6.26. The molecule has 6 rings (SSSR count). The van der Waals surface area contributed by atoms with Crippen molar-refractivity contribution in [1.82, 2.24) is 9.55 Å². The van der Waals surface area contributed by atoms with Crippen molar-refractivity contribution < 1.29 is 4.42 Å². The monoisotopic (exact) mass is 402 g/mol. The molecule has 0 aliphatic carbocycles. The maximum Gasteiger partial charge on any atom is 0.148 e. The normalized spacial score (nSPS) is 11.7. The first kappa shape index (κ1) is 18.0. The van der Waals surface area contributed by atoms with E-state index in [1.165, 1.54) is 27.6 Å². The molecule has 31 heavy (non-hydrogen) atoms. The Kier molecular flexibility index (Phi) is 3.81. The zero-order valence-electron chi connectivity index (χ0n) is 17.8. The minimum Gasteiger partial charge on any atom is -0.455 e. The molecule has 0 radical (unpaired) electrons. The van der Waals surface area contributed by atoms with Gasteiger partial charge in [0.15, 0.2) is 0 Å². The minimum absolute atomic E-state index is 0.893. The highest BCUT2D eigenvalue weighted by Crippen LogP contribution is 2.39. The van der Waals surface area contributed by atoms with Gasteiger partial charge < -0.3 is 4.42 Å². The molecule has 3 heteroatoms. The van der Waals surface area contributed by atoms with Crippen LogP contribution in [0.1, 0.15) is 16.7 Å². The number of benzene rings is 4. The van der Waals surface area contributed by atoms with Gasteiger partial charge in [-0.2, -0.15) is 0 Å². The van der Waals surface area contributed by atoms with Gasteiger partial charge in [-0.05, 0) is 60.4 Å². The summed E-state index contributed by atoms with van der Waals surface area (Å²) in [4.78, 5) is 4.78. The second-order valence-corrected chi connectivity index (χ2v) is 8.29. The number of hydrogen-bond donors (Lipinski definition) is 0. The highest BCUT2D eigenvalue weighted by Gasteiger charge is 2.20. The van der Waals surface area contributed by atoms with E-state index in [1.54, 1.807) is 0 Å². The molecule has 0 unspecified atom stereocenters. The summed E-state index contributed by atoms with van der Waals surface area (Å²) in [5, 5.41) is 4.67. The summed E-state index contributed by atoms with van der Waals surface area (Å²) in [5.74, 6) is 0.907. The van der Waals surface area contributed by atoms with Crippen LogP contribution >= 0.6 is 0 Å². The number of aryl methyl sites for hydroxylation is 3. The molecular formula is C28H22N2O. The van der Waals surface area contributed by atoms with Crippen molar-refractivity contribution >= 4 is 32.7 Å².